The highest BCUT2D eigenvalue weighted by molar-refractivity contribution is 5.89. The van der Waals surface area contributed by atoms with E-state index < -0.39 is 28.6 Å². The molecule has 4 bridgehead atoms. The van der Waals surface area contributed by atoms with E-state index in [1.807, 2.05) is 0 Å². The number of hydrogen-bond donors (Lipinski definition) is 1. The van der Waals surface area contributed by atoms with Crippen LogP contribution in [0, 0.1) is 73.9 Å². The highest BCUT2D eigenvalue weighted by Crippen LogP contribution is 2.68. The molecule has 144 valence electrons. The minimum atomic E-state index is -1.72. The second-order valence-corrected chi connectivity index (χ2v) is 9.18. The van der Waals surface area contributed by atoms with Crippen molar-refractivity contribution in [1.29, 1.82) is 21.2 Å². The molecular weight excluding hydrogens is 352 g/mol. The Hall–Kier alpha value is -2.36. The Morgan fingerprint density at radius 1 is 1.00 bits per heavy atom. The predicted molar refractivity (Wildman–Crippen MR) is 98.2 cm³/mol. The van der Waals surface area contributed by atoms with Crippen molar-refractivity contribution in [1.82, 2.24) is 0 Å². The molecule has 7 unspecified atom stereocenters. The molecule has 6 nitrogen and oxygen atoms in total. The number of fused-ring (bicyclic) bond motifs is 2. The van der Waals surface area contributed by atoms with E-state index in [4.69, 9.17) is 14.9 Å². The first-order chi connectivity index (χ1) is 13.6. The normalized spacial score (nSPS) is 47.8. The molecule has 4 fully saturated rings. The molecule has 28 heavy (non-hydrogen) atoms. The van der Waals surface area contributed by atoms with Gasteiger partial charge in [-0.3, -0.25) is 5.41 Å². The molecular formula is C22H24N4O2. The Balaban J connectivity index is 1.70. The summed E-state index contributed by atoms with van der Waals surface area (Å²) in [5.41, 5.74) is -3.27. The first-order valence-electron chi connectivity index (χ1n) is 10.4. The average molecular weight is 376 g/mol. The minimum Gasteiger partial charge on any atom is -0.447 e. The van der Waals surface area contributed by atoms with Crippen LogP contribution in [-0.4, -0.2) is 17.8 Å². The van der Waals surface area contributed by atoms with Crippen LogP contribution in [0.5, 0.6) is 0 Å². The Morgan fingerprint density at radius 3 is 2.43 bits per heavy atom. The van der Waals surface area contributed by atoms with Crippen molar-refractivity contribution in [2.75, 3.05) is 0 Å². The van der Waals surface area contributed by atoms with E-state index >= 15 is 0 Å². The number of nitrogens with zero attached hydrogens (tertiary/aromatic N) is 3. The van der Waals surface area contributed by atoms with Gasteiger partial charge in [-0.15, -0.1) is 0 Å². The smallest absolute Gasteiger partial charge is 0.217 e. The molecule has 5 rings (SSSR count). The Kier molecular flexibility index (Phi) is 3.68. The number of allylic oxidation sites excluding steroid dienone is 2. The van der Waals surface area contributed by atoms with Crippen molar-refractivity contribution in [2.45, 2.75) is 63.3 Å². The van der Waals surface area contributed by atoms with Gasteiger partial charge in [-0.2, -0.15) is 15.8 Å². The second kappa shape index (κ2) is 5.82. The van der Waals surface area contributed by atoms with Gasteiger partial charge in [0.05, 0.1) is 30.2 Å². The first kappa shape index (κ1) is 17.7. The summed E-state index contributed by atoms with van der Waals surface area (Å²) in [4.78, 5) is 0. The fourth-order valence-electron chi connectivity index (χ4n) is 6.82. The number of rotatable bonds is 1. The first-order valence-corrected chi connectivity index (χ1v) is 10.4. The number of nitriles is 3. The molecule has 0 aromatic carbocycles. The number of hydrogen-bond acceptors (Lipinski definition) is 6. The summed E-state index contributed by atoms with van der Waals surface area (Å²) < 4.78 is 12.7. The summed E-state index contributed by atoms with van der Waals surface area (Å²) in [5, 5.41) is 39.7. The zero-order valence-electron chi connectivity index (χ0n) is 15.9. The van der Waals surface area contributed by atoms with Gasteiger partial charge < -0.3 is 9.47 Å². The van der Waals surface area contributed by atoms with Gasteiger partial charge in [0.15, 0.2) is 10.8 Å². The lowest BCUT2D eigenvalue weighted by Gasteiger charge is -2.52. The summed E-state index contributed by atoms with van der Waals surface area (Å²) >= 11 is 0. The molecule has 0 aromatic heterocycles. The maximum Gasteiger partial charge on any atom is 0.217 e. The molecule has 1 N–H and O–H groups in total. The Bertz CT molecular complexity index is 862. The van der Waals surface area contributed by atoms with E-state index in [1.54, 1.807) is 0 Å². The number of ether oxygens (including phenoxy) is 2. The topological polar surface area (TPSA) is 114 Å². The fourth-order valence-corrected chi connectivity index (χ4v) is 6.82. The maximum absolute atomic E-state index is 10.4. The molecule has 0 amide bonds. The third kappa shape index (κ3) is 1.86. The quantitative estimate of drug-likeness (QED) is 0.699. The molecule has 2 heterocycles. The van der Waals surface area contributed by atoms with Gasteiger partial charge in [0.2, 0.25) is 11.7 Å². The zero-order chi connectivity index (χ0) is 19.6. The molecule has 2 saturated carbocycles. The predicted octanol–water partition coefficient (Wildman–Crippen LogP) is 3.82. The molecule has 2 saturated heterocycles. The minimum absolute atomic E-state index is 0.0137. The largest absolute Gasteiger partial charge is 0.447 e. The monoisotopic (exact) mass is 376 g/mol. The number of nitrogens with one attached hydrogen (secondary N) is 1. The van der Waals surface area contributed by atoms with Crippen molar-refractivity contribution in [2.24, 2.45) is 34.5 Å². The zero-order valence-corrected chi connectivity index (χ0v) is 15.9. The van der Waals surface area contributed by atoms with Gasteiger partial charge in [-0.25, -0.2) is 0 Å². The lowest BCUT2D eigenvalue weighted by molar-refractivity contribution is -0.297. The van der Waals surface area contributed by atoms with E-state index in [2.05, 4.69) is 30.4 Å². The van der Waals surface area contributed by atoms with Crippen molar-refractivity contribution in [3.63, 3.8) is 0 Å². The van der Waals surface area contributed by atoms with Gasteiger partial charge in [0, 0.05) is 6.42 Å². The van der Waals surface area contributed by atoms with Gasteiger partial charge in [0.1, 0.15) is 0 Å². The van der Waals surface area contributed by atoms with Crippen LogP contribution in [-0.2, 0) is 9.47 Å². The van der Waals surface area contributed by atoms with Gasteiger partial charge >= 0.3 is 0 Å². The molecule has 0 spiro atoms. The van der Waals surface area contributed by atoms with E-state index in [-0.39, 0.29) is 17.7 Å². The third-order valence-corrected chi connectivity index (χ3v) is 8.08. The van der Waals surface area contributed by atoms with Crippen LogP contribution >= 0.6 is 0 Å². The van der Waals surface area contributed by atoms with Crippen molar-refractivity contribution in [3.05, 3.63) is 12.2 Å². The maximum atomic E-state index is 10.4. The van der Waals surface area contributed by atoms with Crippen LogP contribution < -0.4 is 0 Å². The summed E-state index contributed by atoms with van der Waals surface area (Å²) in [6.07, 6.45) is 10.7. The molecule has 0 aromatic rings. The summed E-state index contributed by atoms with van der Waals surface area (Å²) in [6, 6.07) is 6.73. The lowest BCUT2D eigenvalue weighted by atomic mass is 9.51. The average Bonchev–Trinajstić information content (AvgIpc) is 3.35. The molecule has 5 aliphatic rings. The molecule has 0 radical (unpaired) electrons. The van der Waals surface area contributed by atoms with Crippen molar-refractivity contribution in [3.8, 4) is 18.2 Å². The highest BCUT2D eigenvalue weighted by atomic mass is 16.7. The van der Waals surface area contributed by atoms with Crippen LogP contribution in [0.4, 0.5) is 0 Å². The van der Waals surface area contributed by atoms with Crippen LogP contribution in [0.15, 0.2) is 12.2 Å². The fraction of sp³-hybridized carbons (Fsp3) is 0.727. The van der Waals surface area contributed by atoms with Crippen molar-refractivity contribution < 1.29 is 9.47 Å². The Labute approximate surface area is 165 Å². The standard InChI is InChI=1S/C22H24N4O2/c23-11-20(12-24)18(16-10-14-6-7-15(16)9-14)27-22-8-4-2-1-3-5-17(22)21(20,13-25)19(26)28-22/h6-7,14-18,26H,1-5,8-10H2. The summed E-state index contributed by atoms with van der Waals surface area (Å²) in [5.74, 6) is -0.978. The molecule has 6 heteroatoms. The van der Waals surface area contributed by atoms with Crippen LogP contribution in [0.3, 0.4) is 0 Å². The second-order valence-electron chi connectivity index (χ2n) is 9.18. The third-order valence-electron chi connectivity index (χ3n) is 8.08. The van der Waals surface area contributed by atoms with Crippen molar-refractivity contribution >= 4 is 5.90 Å². The highest BCUT2D eigenvalue weighted by Gasteiger charge is 2.80. The molecule has 2 aliphatic heterocycles. The van der Waals surface area contributed by atoms with Crippen LogP contribution in [0.1, 0.15) is 51.4 Å². The van der Waals surface area contributed by atoms with Crippen LogP contribution in [0.2, 0.25) is 0 Å². The molecule has 3 aliphatic carbocycles. The van der Waals surface area contributed by atoms with E-state index in [0.717, 1.165) is 38.5 Å². The van der Waals surface area contributed by atoms with Gasteiger partial charge in [-0.05, 0) is 43.4 Å². The lowest BCUT2D eigenvalue weighted by Crippen LogP contribution is -2.64. The summed E-state index contributed by atoms with van der Waals surface area (Å²) in [6.45, 7) is 0. The molecule has 7 atom stereocenters. The summed E-state index contributed by atoms with van der Waals surface area (Å²) in [7, 11) is 0. The van der Waals surface area contributed by atoms with E-state index in [0.29, 0.717) is 18.8 Å². The van der Waals surface area contributed by atoms with Gasteiger partial charge in [-0.1, -0.05) is 31.4 Å². The van der Waals surface area contributed by atoms with Crippen LogP contribution in [0.25, 0.3) is 0 Å². The van der Waals surface area contributed by atoms with Gasteiger partial charge in [0.25, 0.3) is 0 Å². The Morgan fingerprint density at radius 2 is 1.79 bits per heavy atom. The SMILES string of the molecule is N#CC1(C#N)C(C2CC3C=CC2C3)OC23CCCCCCC2C1(C#N)C(=N)O3. The van der Waals surface area contributed by atoms with E-state index in [9.17, 15) is 15.8 Å². The van der Waals surface area contributed by atoms with E-state index in [1.165, 1.54) is 0 Å².